The number of carbonyl (C=O) groups excluding carboxylic acids is 1. The fourth-order valence-corrected chi connectivity index (χ4v) is 2.32. The molecule has 2 aromatic carbocycles. The summed E-state index contributed by atoms with van der Waals surface area (Å²) < 4.78 is 0.958. The lowest BCUT2D eigenvalue weighted by molar-refractivity contribution is 0.104. The molecular weight excluding hydrogens is 302 g/mol. The van der Waals surface area contributed by atoms with Gasteiger partial charge in [-0.2, -0.15) is 0 Å². The fraction of sp³-hybridized carbons (Fsp3) is 0. The minimum Gasteiger partial charge on any atom is -0.289 e. The SMILES string of the molecule is O=C(c1ccc(Br)cc1)c1cncc2ccccc12. The van der Waals surface area contributed by atoms with Gasteiger partial charge in [0.15, 0.2) is 5.78 Å². The number of halogens is 1. The highest BCUT2D eigenvalue weighted by Crippen LogP contribution is 2.21. The molecular formula is C16H10BrNO. The second kappa shape index (κ2) is 4.94. The number of rotatable bonds is 2. The van der Waals surface area contributed by atoms with Gasteiger partial charge in [-0.25, -0.2) is 0 Å². The number of ketones is 1. The molecule has 0 spiro atoms. The first-order valence-corrected chi connectivity index (χ1v) is 6.68. The van der Waals surface area contributed by atoms with Crippen LogP contribution in [0.25, 0.3) is 10.8 Å². The third kappa shape index (κ3) is 2.29. The zero-order valence-corrected chi connectivity index (χ0v) is 11.6. The summed E-state index contributed by atoms with van der Waals surface area (Å²) in [6, 6.07) is 15.1. The molecule has 0 fully saturated rings. The molecule has 0 saturated carbocycles. The maximum absolute atomic E-state index is 12.5. The quantitative estimate of drug-likeness (QED) is 0.663. The van der Waals surface area contributed by atoms with E-state index >= 15 is 0 Å². The highest BCUT2D eigenvalue weighted by molar-refractivity contribution is 9.10. The van der Waals surface area contributed by atoms with Crippen LogP contribution in [-0.4, -0.2) is 10.8 Å². The van der Waals surface area contributed by atoms with Crippen molar-refractivity contribution in [1.29, 1.82) is 0 Å². The molecule has 0 bridgehead atoms. The number of hydrogen-bond acceptors (Lipinski definition) is 2. The Morgan fingerprint density at radius 3 is 2.47 bits per heavy atom. The Kier molecular flexibility index (Phi) is 3.13. The van der Waals surface area contributed by atoms with Crippen LogP contribution in [-0.2, 0) is 0 Å². The molecule has 2 nitrogen and oxygen atoms in total. The average Bonchev–Trinajstić information content (AvgIpc) is 2.47. The predicted octanol–water partition coefficient (Wildman–Crippen LogP) is 4.23. The van der Waals surface area contributed by atoms with E-state index < -0.39 is 0 Å². The van der Waals surface area contributed by atoms with Crippen LogP contribution in [0.5, 0.6) is 0 Å². The summed E-state index contributed by atoms with van der Waals surface area (Å²) in [5, 5.41) is 1.91. The van der Waals surface area contributed by atoms with E-state index in [0.29, 0.717) is 11.1 Å². The molecule has 0 amide bonds. The monoisotopic (exact) mass is 311 g/mol. The number of nitrogens with zero attached hydrogens (tertiary/aromatic N) is 1. The Bertz CT molecular complexity index is 745. The van der Waals surface area contributed by atoms with Gasteiger partial charge in [0.2, 0.25) is 0 Å². The predicted molar refractivity (Wildman–Crippen MR) is 79.3 cm³/mol. The van der Waals surface area contributed by atoms with E-state index in [1.165, 1.54) is 0 Å². The largest absolute Gasteiger partial charge is 0.289 e. The summed E-state index contributed by atoms with van der Waals surface area (Å²) in [4.78, 5) is 16.7. The first kappa shape index (κ1) is 12.1. The minimum atomic E-state index is -0.00296. The highest BCUT2D eigenvalue weighted by atomic mass is 79.9. The van der Waals surface area contributed by atoms with Gasteiger partial charge < -0.3 is 0 Å². The number of aromatic nitrogens is 1. The lowest BCUT2D eigenvalue weighted by atomic mass is 10.00. The summed E-state index contributed by atoms with van der Waals surface area (Å²) in [5.74, 6) is -0.00296. The van der Waals surface area contributed by atoms with Gasteiger partial charge in [-0.1, -0.05) is 40.2 Å². The number of carbonyl (C=O) groups is 1. The van der Waals surface area contributed by atoms with Gasteiger partial charge in [-0.3, -0.25) is 9.78 Å². The Hall–Kier alpha value is -2.00. The van der Waals surface area contributed by atoms with E-state index in [-0.39, 0.29) is 5.78 Å². The standard InChI is InChI=1S/C16H10BrNO/c17-13-7-5-11(6-8-13)16(19)15-10-18-9-12-3-1-2-4-14(12)15/h1-10H. The number of pyridine rings is 1. The Labute approximate surface area is 119 Å². The number of benzene rings is 2. The third-order valence-electron chi connectivity index (χ3n) is 3.02. The minimum absolute atomic E-state index is 0.00296. The summed E-state index contributed by atoms with van der Waals surface area (Å²) >= 11 is 3.37. The van der Waals surface area contributed by atoms with Crippen molar-refractivity contribution in [2.75, 3.05) is 0 Å². The van der Waals surface area contributed by atoms with Gasteiger partial charge in [-0.15, -0.1) is 0 Å². The summed E-state index contributed by atoms with van der Waals surface area (Å²) in [5.41, 5.74) is 1.31. The van der Waals surface area contributed by atoms with Crippen LogP contribution in [0.15, 0.2) is 65.4 Å². The van der Waals surface area contributed by atoms with E-state index in [4.69, 9.17) is 0 Å². The lowest BCUT2D eigenvalue weighted by Gasteiger charge is -2.05. The fourth-order valence-electron chi connectivity index (χ4n) is 2.05. The summed E-state index contributed by atoms with van der Waals surface area (Å²) in [7, 11) is 0. The van der Waals surface area contributed by atoms with Gasteiger partial charge in [0.05, 0.1) is 0 Å². The second-order valence-corrected chi connectivity index (χ2v) is 5.16. The first-order valence-electron chi connectivity index (χ1n) is 5.89. The molecule has 0 unspecified atom stereocenters. The molecule has 19 heavy (non-hydrogen) atoms. The van der Waals surface area contributed by atoms with Crippen LogP contribution < -0.4 is 0 Å². The van der Waals surface area contributed by atoms with Crippen molar-refractivity contribution in [1.82, 2.24) is 4.98 Å². The van der Waals surface area contributed by atoms with Crippen LogP contribution in [0.3, 0.4) is 0 Å². The maximum Gasteiger partial charge on any atom is 0.195 e. The second-order valence-electron chi connectivity index (χ2n) is 4.24. The molecule has 3 heteroatoms. The molecule has 0 aliphatic rings. The Balaban J connectivity index is 2.14. The molecule has 0 N–H and O–H groups in total. The highest BCUT2D eigenvalue weighted by Gasteiger charge is 2.12. The van der Waals surface area contributed by atoms with Gasteiger partial charge in [0, 0.05) is 33.4 Å². The van der Waals surface area contributed by atoms with Crippen LogP contribution in [0.2, 0.25) is 0 Å². The number of hydrogen-bond donors (Lipinski definition) is 0. The molecule has 0 saturated heterocycles. The van der Waals surface area contributed by atoms with Crippen molar-refractivity contribution < 1.29 is 4.79 Å². The van der Waals surface area contributed by atoms with Gasteiger partial charge in [0.1, 0.15) is 0 Å². The van der Waals surface area contributed by atoms with Crippen molar-refractivity contribution in [3.63, 3.8) is 0 Å². The average molecular weight is 312 g/mol. The molecule has 0 aliphatic carbocycles. The first-order chi connectivity index (χ1) is 9.25. The molecule has 0 radical (unpaired) electrons. The van der Waals surface area contributed by atoms with E-state index in [1.807, 2.05) is 48.5 Å². The van der Waals surface area contributed by atoms with Crippen molar-refractivity contribution >= 4 is 32.5 Å². The summed E-state index contributed by atoms with van der Waals surface area (Å²) in [6.07, 6.45) is 3.40. The van der Waals surface area contributed by atoms with Gasteiger partial charge in [-0.05, 0) is 29.7 Å². The van der Waals surface area contributed by atoms with E-state index in [1.54, 1.807) is 12.4 Å². The zero-order valence-electron chi connectivity index (χ0n) is 10.0. The molecule has 1 aromatic heterocycles. The molecule has 1 heterocycles. The molecule has 0 aliphatic heterocycles. The molecule has 3 rings (SSSR count). The van der Waals surface area contributed by atoms with Gasteiger partial charge in [0.25, 0.3) is 0 Å². The van der Waals surface area contributed by atoms with Crippen molar-refractivity contribution in [2.45, 2.75) is 0 Å². The number of fused-ring (bicyclic) bond motifs is 1. The van der Waals surface area contributed by atoms with Crippen LogP contribution in [0, 0.1) is 0 Å². The van der Waals surface area contributed by atoms with Gasteiger partial charge >= 0.3 is 0 Å². The zero-order chi connectivity index (χ0) is 13.2. The van der Waals surface area contributed by atoms with Crippen molar-refractivity contribution in [3.8, 4) is 0 Å². The van der Waals surface area contributed by atoms with E-state index in [9.17, 15) is 4.79 Å². The van der Waals surface area contributed by atoms with Crippen LogP contribution in [0.4, 0.5) is 0 Å². The van der Waals surface area contributed by atoms with Crippen LogP contribution in [0.1, 0.15) is 15.9 Å². The Morgan fingerprint density at radius 1 is 0.947 bits per heavy atom. The van der Waals surface area contributed by atoms with E-state index in [2.05, 4.69) is 20.9 Å². The summed E-state index contributed by atoms with van der Waals surface area (Å²) in [6.45, 7) is 0. The topological polar surface area (TPSA) is 30.0 Å². The van der Waals surface area contributed by atoms with E-state index in [0.717, 1.165) is 15.2 Å². The molecule has 0 atom stereocenters. The lowest BCUT2D eigenvalue weighted by Crippen LogP contribution is -2.02. The normalized spacial score (nSPS) is 10.6. The maximum atomic E-state index is 12.5. The van der Waals surface area contributed by atoms with Crippen LogP contribution >= 0.6 is 15.9 Å². The molecule has 3 aromatic rings. The smallest absolute Gasteiger partial charge is 0.195 e. The Morgan fingerprint density at radius 2 is 1.68 bits per heavy atom. The van der Waals surface area contributed by atoms with Crippen molar-refractivity contribution in [3.05, 3.63) is 76.5 Å². The third-order valence-corrected chi connectivity index (χ3v) is 3.55. The molecule has 92 valence electrons. The van der Waals surface area contributed by atoms with Crippen molar-refractivity contribution in [2.24, 2.45) is 0 Å².